The summed E-state index contributed by atoms with van der Waals surface area (Å²) in [5, 5.41) is 32.5. The smallest absolute Gasteiger partial charge is 0.326 e. The molecule has 0 radical (unpaired) electrons. The van der Waals surface area contributed by atoms with Crippen LogP contribution in [0.15, 0.2) is 30.3 Å². The second kappa shape index (κ2) is 33.4. The molecule has 0 unspecified atom stereocenters. The Hall–Kier alpha value is -5.18. The molecular weight excluding hydrogens is 899 g/mol. The Bertz CT molecular complexity index is 1780. The molecule has 0 aliphatic carbocycles. The molecule has 70 heavy (non-hydrogen) atoms. The van der Waals surface area contributed by atoms with Gasteiger partial charge < -0.3 is 64.8 Å². The Morgan fingerprint density at radius 2 is 0.871 bits per heavy atom. The lowest BCUT2D eigenvalue weighted by Gasteiger charge is -2.29. The Balaban J connectivity index is 2.39. The summed E-state index contributed by atoms with van der Waals surface area (Å²) in [4.78, 5) is 110. The van der Waals surface area contributed by atoms with Crippen LogP contribution < -0.4 is 59.7 Å². The van der Waals surface area contributed by atoms with Crippen molar-refractivity contribution >= 4 is 47.3 Å². The summed E-state index contributed by atoms with van der Waals surface area (Å²) in [5.41, 5.74) is 18.1. The van der Waals surface area contributed by atoms with Crippen LogP contribution in [0, 0.1) is 17.8 Å². The van der Waals surface area contributed by atoms with Gasteiger partial charge in [-0.2, -0.15) is 0 Å². The molecule has 0 saturated carbocycles. The zero-order chi connectivity index (χ0) is 52.2. The van der Waals surface area contributed by atoms with Gasteiger partial charge in [-0.1, -0.05) is 71.9 Å². The van der Waals surface area contributed by atoms with Gasteiger partial charge in [-0.05, 0) is 139 Å². The minimum Gasteiger partial charge on any atom is -0.480 e. The average molecular weight is 986 g/mol. The van der Waals surface area contributed by atoms with Crippen molar-refractivity contribution in [1.82, 2.24) is 42.5 Å². The van der Waals surface area contributed by atoms with Crippen molar-refractivity contribution < 1.29 is 43.5 Å². The summed E-state index contributed by atoms with van der Waals surface area (Å²) in [6, 6.07) is 0.902. The van der Waals surface area contributed by atoms with E-state index in [4.69, 9.17) is 17.2 Å². The second-order valence-electron chi connectivity index (χ2n) is 19.8. The number of carboxylic acids is 1. The van der Waals surface area contributed by atoms with Crippen LogP contribution in [0.1, 0.15) is 137 Å². The molecule has 1 aromatic rings. The number of hydrogen-bond acceptors (Lipinski definition) is 12. The number of rotatable bonds is 35. The SMILES string of the molecule is CC(C)C[C@H](NC(=O)[C@H](CCCCN)NC(=O)[C@H](CC(C)C)NC(=O)[C@H](CCCCN)NC(=O)[C@H](CC(C)C)NC(=O)[C@H](CCCCN)NC(=O)[C@H](Cc1ccccc1)NC(=O)[C@@H]1CCCN1)C(=O)O. The first-order valence-electron chi connectivity index (χ1n) is 25.5. The lowest BCUT2D eigenvalue weighted by molar-refractivity contribution is -0.143. The maximum Gasteiger partial charge on any atom is 0.326 e. The Morgan fingerprint density at radius 1 is 0.514 bits per heavy atom. The lowest BCUT2D eigenvalue weighted by Crippen LogP contribution is -2.60. The van der Waals surface area contributed by atoms with E-state index in [1.54, 1.807) is 0 Å². The van der Waals surface area contributed by atoms with Crippen LogP contribution in [0.4, 0.5) is 0 Å². The summed E-state index contributed by atoms with van der Waals surface area (Å²) in [5.74, 6) is -5.61. The second-order valence-corrected chi connectivity index (χ2v) is 19.8. The van der Waals surface area contributed by atoms with Crippen LogP contribution in [-0.4, -0.2) is 127 Å². The van der Waals surface area contributed by atoms with E-state index in [2.05, 4.69) is 42.5 Å². The summed E-state index contributed by atoms with van der Waals surface area (Å²) in [6.45, 7) is 12.8. The van der Waals surface area contributed by atoms with Crippen LogP contribution in [0.3, 0.4) is 0 Å². The highest BCUT2D eigenvalue weighted by Gasteiger charge is 2.35. The van der Waals surface area contributed by atoms with Crippen molar-refractivity contribution in [2.75, 3.05) is 26.2 Å². The molecule has 7 amide bonds. The van der Waals surface area contributed by atoms with Crippen molar-refractivity contribution in [3.05, 3.63) is 35.9 Å². The highest BCUT2D eigenvalue weighted by atomic mass is 16.4. The number of benzene rings is 1. The molecule has 8 atom stereocenters. The predicted octanol–water partition coefficient (Wildman–Crippen LogP) is 0.985. The van der Waals surface area contributed by atoms with Crippen molar-refractivity contribution in [3.63, 3.8) is 0 Å². The van der Waals surface area contributed by atoms with Gasteiger partial charge in [-0.15, -0.1) is 0 Å². The molecule has 396 valence electrons. The van der Waals surface area contributed by atoms with E-state index in [1.165, 1.54) is 0 Å². The Kier molecular flexibility index (Phi) is 29.1. The van der Waals surface area contributed by atoms with E-state index < -0.39 is 89.7 Å². The van der Waals surface area contributed by atoms with Gasteiger partial charge in [-0.3, -0.25) is 33.6 Å². The van der Waals surface area contributed by atoms with Crippen LogP contribution in [0.5, 0.6) is 0 Å². The number of carbonyl (C=O) groups is 8. The highest BCUT2D eigenvalue weighted by molar-refractivity contribution is 5.97. The van der Waals surface area contributed by atoms with E-state index in [1.807, 2.05) is 71.9 Å². The molecule has 1 aliphatic rings. The van der Waals surface area contributed by atoms with Gasteiger partial charge >= 0.3 is 5.97 Å². The van der Waals surface area contributed by atoms with E-state index in [0.717, 1.165) is 12.0 Å². The van der Waals surface area contributed by atoms with Crippen LogP contribution in [0.2, 0.25) is 0 Å². The van der Waals surface area contributed by atoms with Crippen molar-refractivity contribution in [1.29, 1.82) is 0 Å². The van der Waals surface area contributed by atoms with Crippen molar-refractivity contribution in [2.45, 2.75) is 186 Å². The van der Waals surface area contributed by atoms with Gasteiger partial charge in [0.1, 0.15) is 42.3 Å². The molecular formula is C50H87N11O9. The third-order valence-corrected chi connectivity index (χ3v) is 12.0. The van der Waals surface area contributed by atoms with Gasteiger partial charge in [0.15, 0.2) is 0 Å². The van der Waals surface area contributed by atoms with Gasteiger partial charge in [0.05, 0.1) is 6.04 Å². The fourth-order valence-corrected chi connectivity index (χ4v) is 8.26. The number of carboxylic acid groups (broad SMARTS) is 1. The molecule has 1 aliphatic heterocycles. The standard InChI is InChI=1S/C50H87N11O9/c1-31(2)27-39(59-45(64)37(20-11-14-24-52)57-49(68)41(30-34-17-8-7-9-18-34)60-43(62)35-22-16-26-54-35)47(66)55-36(19-10-13-23-51)44(63)58-40(28-32(3)4)48(67)56-38(21-12-15-25-53)46(65)61-42(50(69)70)29-33(5)6/h7-9,17-18,31-33,35-42,54H,10-16,19-30,51-53H2,1-6H3,(H,55,66)(H,56,67)(H,57,68)(H,58,63)(H,59,64)(H,60,62)(H,61,65)(H,69,70)/t35-,36-,37-,38-,39-,40-,41-,42-/m0/s1. The molecule has 2 rings (SSSR count). The molecule has 15 N–H and O–H groups in total. The molecule has 20 nitrogen and oxygen atoms in total. The fraction of sp³-hybridized carbons (Fsp3) is 0.720. The molecule has 0 aromatic heterocycles. The molecule has 1 aromatic carbocycles. The Labute approximate surface area is 415 Å². The van der Waals surface area contributed by atoms with Crippen molar-refractivity contribution in [2.24, 2.45) is 35.0 Å². The van der Waals surface area contributed by atoms with Crippen LogP contribution >= 0.6 is 0 Å². The van der Waals surface area contributed by atoms with Gasteiger partial charge in [0.25, 0.3) is 0 Å². The van der Waals surface area contributed by atoms with Crippen LogP contribution in [0.25, 0.3) is 0 Å². The average Bonchev–Trinajstić information content (AvgIpc) is 3.85. The maximum absolute atomic E-state index is 14.3. The number of nitrogens with two attached hydrogens (primary N) is 3. The van der Waals surface area contributed by atoms with E-state index in [0.29, 0.717) is 71.1 Å². The normalized spacial score (nSPS) is 16.5. The van der Waals surface area contributed by atoms with Gasteiger partial charge in [-0.25, -0.2) is 4.79 Å². The zero-order valence-corrected chi connectivity index (χ0v) is 42.6. The highest BCUT2D eigenvalue weighted by Crippen LogP contribution is 2.14. The first kappa shape index (κ1) is 60.9. The summed E-state index contributed by atoms with van der Waals surface area (Å²) < 4.78 is 0. The molecule has 1 fully saturated rings. The quantitative estimate of drug-likeness (QED) is 0.0423. The summed E-state index contributed by atoms with van der Waals surface area (Å²) in [7, 11) is 0. The number of carbonyl (C=O) groups excluding carboxylic acids is 7. The van der Waals surface area contributed by atoms with Gasteiger partial charge in [0, 0.05) is 6.42 Å². The number of aliphatic carboxylic acids is 1. The van der Waals surface area contributed by atoms with E-state index in [-0.39, 0.29) is 68.6 Å². The number of nitrogens with one attached hydrogen (secondary N) is 8. The lowest BCUT2D eigenvalue weighted by atomic mass is 9.99. The third-order valence-electron chi connectivity index (χ3n) is 12.0. The Morgan fingerprint density at radius 3 is 1.23 bits per heavy atom. The predicted molar refractivity (Wildman–Crippen MR) is 269 cm³/mol. The van der Waals surface area contributed by atoms with E-state index >= 15 is 0 Å². The van der Waals surface area contributed by atoms with Crippen LogP contribution in [-0.2, 0) is 44.8 Å². The zero-order valence-electron chi connectivity index (χ0n) is 42.6. The molecule has 0 spiro atoms. The number of hydrogen-bond donors (Lipinski definition) is 12. The molecule has 1 saturated heterocycles. The van der Waals surface area contributed by atoms with E-state index in [9.17, 15) is 43.5 Å². The fourth-order valence-electron chi connectivity index (χ4n) is 8.26. The maximum atomic E-state index is 14.3. The minimum absolute atomic E-state index is 0.0346. The third kappa shape index (κ3) is 23.6. The molecule has 1 heterocycles. The monoisotopic (exact) mass is 986 g/mol. The van der Waals surface area contributed by atoms with Crippen molar-refractivity contribution in [3.8, 4) is 0 Å². The topological polar surface area (TPSA) is 331 Å². The molecule has 0 bridgehead atoms. The largest absolute Gasteiger partial charge is 0.480 e. The number of amides is 7. The number of unbranched alkanes of at least 4 members (excludes halogenated alkanes) is 3. The molecule has 20 heteroatoms. The minimum atomic E-state index is -1.20. The summed E-state index contributed by atoms with van der Waals surface area (Å²) in [6.07, 6.45) is 5.69. The van der Waals surface area contributed by atoms with Gasteiger partial charge in [0.2, 0.25) is 41.4 Å². The first-order chi connectivity index (χ1) is 33.3. The summed E-state index contributed by atoms with van der Waals surface area (Å²) >= 11 is 0. The first-order valence-corrected chi connectivity index (χ1v) is 25.5.